The van der Waals surface area contributed by atoms with E-state index in [1.165, 1.54) is 5.56 Å². The van der Waals surface area contributed by atoms with E-state index in [4.69, 9.17) is 4.52 Å². The Bertz CT molecular complexity index is 641. The number of anilines is 2. The fraction of sp³-hybridized carbons (Fsp3) is 0.562. The van der Waals surface area contributed by atoms with Crippen molar-refractivity contribution < 1.29 is 4.52 Å². The summed E-state index contributed by atoms with van der Waals surface area (Å²) in [4.78, 5) is 15.6. The number of aryl methyl sites for hydroxylation is 2. The first kappa shape index (κ1) is 15.7. The lowest BCUT2D eigenvalue weighted by Gasteiger charge is -2.35. The zero-order valence-electron chi connectivity index (χ0n) is 14.3. The monoisotopic (exact) mass is 316 g/mol. The molecule has 0 amide bonds. The van der Waals surface area contributed by atoms with Crippen LogP contribution in [-0.4, -0.2) is 60.3 Å². The first-order chi connectivity index (χ1) is 11.0. The van der Waals surface area contributed by atoms with Crippen LogP contribution < -0.4 is 9.80 Å². The summed E-state index contributed by atoms with van der Waals surface area (Å²) in [5, 5.41) is 4.04. The molecule has 0 atom stereocenters. The molecule has 2 aromatic rings. The van der Waals surface area contributed by atoms with Crippen LogP contribution in [0.1, 0.15) is 17.0 Å². The largest absolute Gasteiger partial charge is 0.361 e. The van der Waals surface area contributed by atoms with Gasteiger partial charge in [0.05, 0.1) is 5.69 Å². The molecule has 124 valence electrons. The van der Waals surface area contributed by atoms with Crippen molar-refractivity contribution in [3.05, 3.63) is 29.3 Å². The van der Waals surface area contributed by atoms with E-state index >= 15 is 0 Å². The van der Waals surface area contributed by atoms with Gasteiger partial charge in [0.15, 0.2) is 0 Å². The number of piperazine rings is 1. The van der Waals surface area contributed by atoms with Gasteiger partial charge < -0.3 is 14.3 Å². The van der Waals surface area contributed by atoms with Gasteiger partial charge in [0.25, 0.3) is 0 Å². The summed E-state index contributed by atoms with van der Waals surface area (Å²) in [6.45, 7) is 8.83. The Labute approximate surface area is 136 Å². The summed E-state index contributed by atoms with van der Waals surface area (Å²) >= 11 is 0. The van der Waals surface area contributed by atoms with E-state index in [1.54, 1.807) is 0 Å². The number of hydrogen-bond acceptors (Lipinski definition) is 7. The molecule has 3 rings (SSSR count). The van der Waals surface area contributed by atoms with E-state index in [0.29, 0.717) is 0 Å². The molecule has 0 N–H and O–H groups in total. The van der Waals surface area contributed by atoms with Gasteiger partial charge in [0, 0.05) is 58.6 Å². The summed E-state index contributed by atoms with van der Waals surface area (Å²) in [5.41, 5.74) is 2.21. The maximum absolute atomic E-state index is 5.25. The highest BCUT2D eigenvalue weighted by atomic mass is 16.5. The first-order valence-electron chi connectivity index (χ1n) is 7.94. The molecule has 0 saturated carbocycles. The van der Waals surface area contributed by atoms with Gasteiger partial charge in [0.1, 0.15) is 11.6 Å². The standard InChI is InChI=1S/C16H24N6O/c1-12-14(13(2)23-19-12)11-21-7-9-22(10-8-21)15-5-6-17-16(18-15)20(3)4/h5-6H,7-11H2,1-4H3. The van der Waals surface area contributed by atoms with E-state index in [0.717, 1.165) is 55.9 Å². The van der Waals surface area contributed by atoms with E-state index in [-0.39, 0.29) is 0 Å². The molecule has 1 aliphatic heterocycles. The van der Waals surface area contributed by atoms with E-state index < -0.39 is 0 Å². The van der Waals surface area contributed by atoms with Crippen molar-refractivity contribution >= 4 is 11.8 Å². The lowest BCUT2D eigenvalue weighted by molar-refractivity contribution is 0.247. The Balaban J connectivity index is 1.61. The summed E-state index contributed by atoms with van der Waals surface area (Å²) in [6, 6.07) is 1.98. The maximum Gasteiger partial charge on any atom is 0.226 e. The minimum Gasteiger partial charge on any atom is -0.361 e. The number of aromatic nitrogens is 3. The molecule has 0 radical (unpaired) electrons. The highest BCUT2D eigenvalue weighted by Gasteiger charge is 2.21. The van der Waals surface area contributed by atoms with E-state index in [9.17, 15) is 0 Å². The molecule has 2 aromatic heterocycles. The molecule has 1 aliphatic rings. The molecule has 23 heavy (non-hydrogen) atoms. The van der Waals surface area contributed by atoms with Gasteiger partial charge in [-0.1, -0.05) is 5.16 Å². The highest BCUT2D eigenvalue weighted by molar-refractivity contribution is 5.43. The SMILES string of the molecule is Cc1noc(C)c1CN1CCN(c2ccnc(N(C)C)n2)CC1. The minimum absolute atomic E-state index is 0.751. The second-order valence-electron chi connectivity index (χ2n) is 6.18. The molecule has 7 nitrogen and oxygen atoms in total. The zero-order valence-corrected chi connectivity index (χ0v) is 14.3. The van der Waals surface area contributed by atoms with Crippen molar-refractivity contribution in [3.63, 3.8) is 0 Å². The average Bonchev–Trinajstić information content (AvgIpc) is 2.87. The fourth-order valence-corrected chi connectivity index (χ4v) is 2.82. The molecule has 0 aliphatic carbocycles. The third-order valence-electron chi connectivity index (χ3n) is 4.29. The van der Waals surface area contributed by atoms with Gasteiger partial charge in [-0.15, -0.1) is 0 Å². The van der Waals surface area contributed by atoms with Crippen LogP contribution in [0.3, 0.4) is 0 Å². The van der Waals surface area contributed by atoms with Crippen molar-refractivity contribution in [3.8, 4) is 0 Å². The highest BCUT2D eigenvalue weighted by Crippen LogP contribution is 2.19. The second-order valence-corrected chi connectivity index (χ2v) is 6.18. The summed E-state index contributed by atoms with van der Waals surface area (Å²) < 4.78 is 5.25. The molecule has 3 heterocycles. The van der Waals surface area contributed by atoms with Crippen molar-refractivity contribution in [2.45, 2.75) is 20.4 Å². The van der Waals surface area contributed by atoms with E-state index in [2.05, 4.69) is 24.9 Å². The quantitative estimate of drug-likeness (QED) is 0.846. The zero-order chi connectivity index (χ0) is 16.4. The molecular weight excluding hydrogens is 292 g/mol. The third-order valence-corrected chi connectivity index (χ3v) is 4.29. The number of hydrogen-bond donors (Lipinski definition) is 0. The molecule has 1 fully saturated rings. The lowest BCUT2D eigenvalue weighted by Crippen LogP contribution is -2.46. The molecule has 1 saturated heterocycles. The predicted octanol–water partition coefficient (Wildman–Crippen LogP) is 1.47. The van der Waals surface area contributed by atoms with Crippen LogP contribution in [0, 0.1) is 13.8 Å². The van der Waals surface area contributed by atoms with Gasteiger partial charge in [-0.2, -0.15) is 4.98 Å². The Kier molecular flexibility index (Phi) is 4.47. The van der Waals surface area contributed by atoms with Crippen LogP contribution in [0.5, 0.6) is 0 Å². The lowest BCUT2D eigenvalue weighted by atomic mass is 10.2. The van der Waals surface area contributed by atoms with Crippen molar-refractivity contribution in [1.82, 2.24) is 20.0 Å². The molecule has 7 heteroatoms. The summed E-state index contributed by atoms with van der Waals surface area (Å²) in [7, 11) is 3.92. The Morgan fingerprint density at radius 2 is 1.91 bits per heavy atom. The minimum atomic E-state index is 0.751. The fourth-order valence-electron chi connectivity index (χ4n) is 2.82. The number of nitrogens with zero attached hydrogens (tertiary/aromatic N) is 6. The predicted molar refractivity (Wildman–Crippen MR) is 89.8 cm³/mol. The van der Waals surface area contributed by atoms with Gasteiger partial charge in [-0.3, -0.25) is 4.90 Å². The molecule has 0 unspecified atom stereocenters. The van der Waals surface area contributed by atoms with Gasteiger partial charge in [-0.25, -0.2) is 4.98 Å². The second kappa shape index (κ2) is 6.54. The van der Waals surface area contributed by atoms with Crippen LogP contribution in [0.15, 0.2) is 16.8 Å². The van der Waals surface area contributed by atoms with Gasteiger partial charge in [-0.05, 0) is 19.9 Å². The first-order valence-corrected chi connectivity index (χ1v) is 7.94. The van der Waals surface area contributed by atoms with Crippen molar-refractivity contribution in [2.24, 2.45) is 0 Å². The summed E-state index contributed by atoms with van der Waals surface area (Å²) in [5.74, 6) is 2.68. The molecule has 0 spiro atoms. The smallest absolute Gasteiger partial charge is 0.226 e. The average molecular weight is 316 g/mol. The third kappa shape index (κ3) is 3.44. The molecule has 0 aromatic carbocycles. The summed E-state index contributed by atoms with van der Waals surface area (Å²) in [6.07, 6.45) is 1.83. The van der Waals surface area contributed by atoms with Crippen LogP contribution in [0.4, 0.5) is 11.8 Å². The van der Waals surface area contributed by atoms with Crippen LogP contribution in [-0.2, 0) is 6.54 Å². The van der Waals surface area contributed by atoms with Crippen LogP contribution in [0.25, 0.3) is 0 Å². The Morgan fingerprint density at radius 1 is 1.17 bits per heavy atom. The normalized spacial score (nSPS) is 15.9. The number of rotatable bonds is 4. The van der Waals surface area contributed by atoms with Crippen molar-refractivity contribution in [2.75, 3.05) is 50.1 Å². The Morgan fingerprint density at radius 3 is 2.52 bits per heavy atom. The van der Waals surface area contributed by atoms with E-state index in [1.807, 2.05) is 45.1 Å². The maximum atomic E-state index is 5.25. The van der Waals surface area contributed by atoms with Gasteiger partial charge in [0.2, 0.25) is 5.95 Å². The molecule has 0 bridgehead atoms. The van der Waals surface area contributed by atoms with Crippen LogP contribution >= 0.6 is 0 Å². The van der Waals surface area contributed by atoms with Gasteiger partial charge >= 0.3 is 0 Å². The topological polar surface area (TPSA) is 61.5 Å². The van der Waals surface area contributed by atoms with Crippen molar-refractivity contribution in [1.29, 1.82) is 0 Å². The van der Waals surface area contributed by atoms with Crippen LogP contribution in [0.2, 0.25) is 0 Å². The molecular formula is C16H24N6O. The Hall–Kier alpha value is -2.15.